The summed E-state index contributed by atoms with van der Waals surface area (Å²) < 4.78 is 2.35. The number of aromatic nitrogens is 3. The third-order valence-electron chi connectivity index (χ3n) is 6.34. The average molecular weight is 515 g/mol. The lowest BCUT2D eigenvalue weighted by Gasteiger charge is -2.20. The average Bonchev–Trinajstić information content (AvgIpc) is 3.42. The van der Waals surface area contributed by atoms with E-state index < -0.39 is 0 Å². The Hall–Kier alpha value is -0.900. The van der Waals surface area contributed by atoms with Crippen LogP contribution in [0.1, 0.15) is 70.4 Å². The monoisotopic (exact) mass is 515 g/mol. The Bertz CT molecular complexity index is 670. The number of fused-ring (bicyclic) bond motifs is 1. The first-order valence-electron chi connectivity index (χ1n) is 11.5. The van der Waals surface area contributed by atoms with E-state index in [4.69, 9.17) is 4.99 Å². The molecular formula is C21H38IN7. The molecule has 0 radical (unpaired) electrons. The molecule has 164 valence electrons. The predicted octanol–water partition coefficient (Wildman–Crippen LogP) is 2.74. The first kappa shape index (κ1) is 22.8. The number of hydrogen-bond acceptors (Lipinski definition) is 4. The van der Waals surface area contributed by atoms with Crippen molar-refractivity contribution in [3.05, 3.63) is 11.6 Å². The Morgan fingerprint density at radius 1 is 1.21 bits per heavy atom. The molecule has 4 rings (SSSR count). The molecule has 3 heterocycles. The summed E-state index contributed by atoms with van der Waals surface area (Å²) in [5, 5.41) is 16.0. The molecule has 1 aromatic heterocycles. The van der Waals surface area contributed by atoms with Crippen LogP contribution in [0.4, 0.5) is 0 Å². The fourth-order valence-corrected chi connectivity index (χ4v) is 4.75. The van der Waals surface area contributed by atoms with E-state index in [1.165, 1.54) is 44.3 Å². The number of guanidine groups is 1. The Morgan fingerprint density at radius 3 is 2.86 bits per heavy atom. The number of aliphatic imine (C=N–C) groups is 1. The largest absolute Gasteiger partial charge is 0.357 e. The van der Waals surface area contributed by atoms with Gasteiger partial charge in [0.2, 0.25) is 0 Å². The van der Waals surface area contributed by atoms with Crippen molar-refractivity contribution < 1.29 is 0 Å². The number of nitrogens with one attached hydrogen (secondary N) is 2. The van der Waals surface area contributed by atoms with Crippen LogP contribution < -0.4 is 10.6 Å². The van der Waals surface area contributed by atoms with Gasteiger partial charge in [-0.3, -0.25) is 9.89 Å². The third kappa shape index (κ3) is 6.06. The van der Waals surface area contributed by atoms with Gasteiger partial charge in [-0.1, -0.05) is 6.42 Å². The Balaban J connectivity index is 0.00000240. The molecule has 1 aliphatic carbocycles. The number of halogens is 1. The minimum Gasteiger partial charge on any atom is -0.357 e. The summed E-state index contributed by atoms with van der Waals surface area (Å²) >= 11 is 0. The topological polar surface area (TPSA) is 70.4 Å². The molecule has 0 spiro atoms. The molecule has 7 nitrogen and oxygen atoms in total. The molecule has 2 N–H and O–H groups in total. The molecule has 0 amide bonds. The maximum Gasteiger partial charge on any atom is 0.191 e. The van der Waals surface area contributed by atoms with E-state index in [2.05, 4.69) is 44.1 Å². The van der Waals surface area contributed by atoms with Crippen LogP contribution in [-0.4, -0.2) is 63.4 Å². The van der Waals surface area contributed by atoms with Crippen molar-refractivity contribution in [1.29, 1.82) is 0 Å². The van der Waals surface area contributed by atoms with Crippen LogP contribution >= 0.6 is 24.0 Å². The molecule has 1 aromatic rings. The molecule has 1 saturated carbocycles. The van der Waals surface area contributed by atoms with E-state index in [1.807, 2.05) is 0 Å². The lowest BCUT2D eigenvalue weighted by atomic mass is 10.2. The quantitative estimate of drug-likeness (QED) is 0.253. The Kier molecular flexibility index (Phi) is 8.58. The highest BCUT2D eigenvalue weighted by Crippen LogP contribution is 2.33. The summed E-state index contributed by atoms with van der Waals surface area (Å²) in [7, 11) is 0. The van der Waals surface area contributed by atoms with Gasteiger partial charge in [0, 0.05) is 57.1 Å². The van der Waals surface area contributed by atoms with Crippen molar-refractivity contribution in [1.82, 2.24) is 30.3 Å². The molecule has 29 heavy (non-hydrogen) atoms. The zero-order valence-electron chi connectivity index (χ0n) is 18.1. The Labute approximate surface area is 192 Å². The van der Waals surface area contributed by atoms with Crippen molar-refractivity contribution >= 4 is 29.9 Å². The van der Waals surface area contributed by atoms with E-state index in [9.17, 15) is 0 Å². The second-order valence-electron chi connectivity index (χ2n) is 8.71. The van der Waals surface area contributed by atoms with Gasteiger partial charge in [0.05, 0.1) is 0 Å². The van der Waals surface area contributed by atoms with Crippen LogP contribution in [0, 0.1) is 0 Å². The second-order valence-corrected chi connectivity index (χ2v) is 8.71. The molecule has 2 atom stereocenters. The number of nitrogens with zero attached hydrogens (tertiary/aromatic N) is 5. The highest BCUT2D eigenvalue weighted by molar-refractivity contribution is 14.0. The van der Waals surface area contributed by atoms with Gasteiger partial charge in [-0.25, -0.2) is 0 Å². The zero-order chi connectivity index (χ0) is 19.3. The summed E-state index contributed by atoms with van der Waals surface area (Å²) in [6.45, 7) is 8.47. The maximum absolute atomic E-state index is 4.84. The molecule has 8 heteroatoms. The molecule has 2 fully saturated rings. The van der Waals surface area contributed by atoms with Crippen LogP contribution in [0.5, 0.6) is 0 Å². The van der Waals surface area contributed by atoms with Crippen molar-refractivity contribution in [3.63, 3.8) is 0 Å². The highest BCUT2D eigenvalue weighted by atomic mass is 127. The van der Waals surface area contributed by atoms with E-state index in [0.29, 0.717) is 12.1 Å². The van der Waals surface area contributed by atoms with Crippen LogP contribution in [-0.2, 0) is 19.4 Å². The van der Waals surface area contributed by atoms with Gasteiger partial charge in [-0.2, -0.15) is 0 Å². The van der Waals surface area contributed by atoms with E-state index >= 15 is 0 Å². The van der Waals surface area contributed by atoms with Crippen LogP contribution in [0.3, 0.4) is 0 Å². The van der Waals surface area contributed by atoms with Gasteiger partial charge in [0.1, 0.15) is 11.6 Å². The molecule has 0 bridgehead atoms. The van der Waals surface area contributed by atoms with Crippen molar-refractivity contribution in [2.75, 3.05) is 19.6 Å². The van der Waals surface area contributed by atoms with Crippen LogP contribution in [0.25, 0.3) is 0 Å². The molecule has 2 aliphatic heterocycles. The molecule has 0 aromatic carbocycles. The van der Waals surface area contributed by atoms with Crippen molar-refractivity contribution in [3.8, 4) is 0 Å². The van der Waals surface area contributed by atoms with Gasteiger partial charge >= 0.3 is 0 Å². The normalized spacial score (nSPS) is 25.2. The first-order chi connectivity index (χ1) is 13.7. The number of likely N-dealkylation sites (tertiary alicyclic amines) is 1. The molecule has 1 saturated heterocycles. The summed E-state index contributed by atoms with van der Waals surface area (Å²) in [4.78, 5) is 7.51. The lowest BCUT2D eigenvalue weighted by molar-refractivity contribution is 0.256. The molecule has 2 unspecified atom stereocenters. The summed E-state index contributed by atoms with van der Waals surface area (Å²) in [6.07, 6.45) is 10.9. The Morgan fingerprint density at radius 2 is 2.07 bits per heavy atom. The summed E-state index contributed by atoms with van der Waals surface area (Å²) in [6, 6.07) is 2.05. The van der Waals surface area contributed by atoms with Crippen molar-refractivity contribution in [2.45, 2.75) is 96.3 Å². The maximum atomic E-state index is 4.84. The predicted molar refractivity (Wildman–Crippen MR) is 128 cm³/mol. The summed E-state index contributed by atoms with van der Waals surface area (Å²) in [5.41, 5.74) is 0. The van der Waals surface area contributed by atoms with Gasteiger partial charge in [-0.05, 0) is 52.4 Å². The molecular weight excluding hydrogens is 477 g/mol. The van der Waals surface area contributed by atoms with Gasteiger partial charge < -0.3 is 15.2 Å². The van der Waals surface area contributed by atoms with Crippen molar-refractivity contribution in [2.24, 2.45) is 4.99 Å². The smallest absolute Gasteiger partial charge is 0.191 e. The van der Waals surface area contributed by atoms with Gasteiger partial charge in [-0.15, -0.1) is 34.2 Å². The molecule has 3 aliphatic rings. The first-order valence-corrected chi connectivity index (χ1v) is 11.5. The lowest BCUT2D eigenvalue weighted by Crippen LogP contribution is -2.44. The SMILES string of the molecule is CCNC(=NCCCc1nnc2n1CCCCC2)NC1CC(C)N(C2CC2)C1.I. The number of rotatable bonds is 7. The van der Waals surface area contributed by atoms with Crippen LogP contribution in [0.15, 0.2) is 4.99 Å². The minimum atomic E-state index is 0. The summed E-state index contributed by atoms with van der Waals surface area (Å²) in [5.74, 6) is 3.30. The van der Waals surface area contributed by atoms with Gasteiger partial charge in [0.25, 0.3) is 0 Å². The number of aryl methyl sites for hydroxylation is 2. The van der Waals surface area contributed by atoms with Gasteiger partial charge in [0.15, 0.2) is 5.96 Å². The fraction of sp³-hybridized carbons (Fsp3) is 0.857. The highest BCUT2D eigenvalue weighted by Gasteiger charge is 2.38. The minimum absolute atomic E-state index is 0. The van der Waals surface area contributed by atoms with E-state index in [0.717, 1.165) is 63.3 Å². The zero-order valence-corrected chi connectivity index (χ0v) is 20.4. The third-order valence-corrected chi connectivity index (χ3v) is 6.34. The van der Waals surface area contributed by atoms with Crippen LogP contribution in [0.2, 0.25) is 0 Å². The van der Waals surface area contributed by atoms with E-state index in [1.54, 1.807) is 0 Å². The second kappa shape index (κ2) is 10.9. The fourth-order valence-electron chi connectivity index (χ4n) is 4.75. The standard InChI is InChI=1S/C21H37N7.HI/c1-3-22-21(24-17-14-16(2)28(15-17)18-10-11-18)23-12-7-9-20-26-25-19-8-5-4-6-13-27(19)20;/h16-18H,3-15H2,1-2H3,(H2,22,23,24);1H. The van der Waals surface area contributed by atoms with E-state index in [-0.39, 0.29) is 24.0 Å². The number of hydrogen-bond donors (Lipinski definition) is 2.